The van der Waals surface area contributed by atoms with Gasteiger partial charge in [0.25, 0.3) is 0 Å². The minimum Gasteiger partial charge on any atom is -0.390 e. The number of hydrogen-bond acceptors (Lipinski definition) is 4. The number of morpholine rings is 1. The molecule has 0 radical (unpaired) electrons. The number of β-amino-alcohol motifs (C(OH)–C–C–N with tert-alkyl or cyclic N) is 1. The Balaban J connectivity index is 1.57. The molecule has 0 aromatic rings. The van der Waals surface area contributed by atoms with Gasteiger partial charge in [-0.25, -0.2) is 0 Å². The molecule has 5 heteroatoms. The third kappa shape index (κ3) is 5.77. The molecule has 2 rings (SSSR count). The second-order valence-electron chi connectivity index (χ2n) is 6.08. The van der Waals surface area contributed by atoms with E-state index in [4.69, 9.17) is 4.74 Å². The predicted molar refractivity (Wildman–Crippen MR) is 77.5 cm³/mol. The highest BCUT2D eigenvalue weighted by atomic mass is 16.5. The van der Waals surface area contributed by atoms with Gasteiger partial charge in [-0.2, -0.15) is 0 Å². The number of aliphatic hydroxyl groups excluding tert-OH is 1. The standard InChI is InChI=1S/C15H28N2O3/c18-14(12-17-6-8-20-9-7-17)11-16-15(19)10-13-4-2-1-3-5-13/h13-14,18H,1-12H2,(H,16,19). The fourth-order valence-electron chi connectivity index (χ4n) is 3.10. The van der Waals surface area contributed by atoms with Crippen LogP contribution in [0, 0.1) is 5.92 Å². The summed E-state index contributed by atoms with van der Waals surface area (Å²) in [6.07, 6.45) is 6.35. The minimum absolute atomic E-state index is 0.0953. The number of carbonyl (C=O) groups is 1. The summed E-state index contributed by atoms with van der Waals surface area (Å²) < 4.78 is 5.27. The van der Waals surface area contributed by atoms with Crippen LogP contribution in [0.3, 0.4) is 0 Å². The van der Waals surface area contributed by atoms with Crippen molar-refractivity contribution in [3.05, 3.63) is 0 Å². The fourth-order valence-corrected chi connectivity index (χ4v) is 3.10. The number of amides is 1. The van der Waals surface area contributed by atoms with E-state index in [-0.39, 0.29) is 5.91 Å². The average Bonchev–Trinajstić information content (AvgIpc) is 2.47. The number of ether oxygens (including phenoxy) is 1. The molecule has 116 valence electrons. The monoisotopic (exact) mass is 284 g/mol. The van der Waals surface area contributed by atoms with E-state index in [1.165, 1.54) is 32.1 Å². The SMILES string of the molecule is O=C(CC1CCCCC1)NCC(O)CN1CCOCC1. The highest BCUT2D eigenvalue weighted by Crippen LogP contribution is 2.25. The molecule has 2 fully saturated rings. The van der Waals surface area contributed by atoms with E-state index in [0.29, 0.717) is 25.4 Å². The largest absolute Gasteiger partial charge is 0.390 e. The van der Waals surface area contributed by atoms with E-state index in [1.54, 1.807) is 0 Å². The van der Waals surface area contributed by atoms with Gasteiger partial charge in [0.05, 0.1) is 19.3 Å². The van der Waals surface area contributed by atoms with E-state index in [9.17, 15) is 9.90 Å². The van der Waals surface area contributed by atoms with Gasteiger partial charge in [0.1, 0.15) is 0 Å². The molecule has 1 saturated heterocycles. The Hall–Kier alpha value is -0.650. The third-order valence-corrected chi connectivity index (χ3v) is 4.31. The Morgan fingerprint density at radius 1 is 1.25 bits per heavy atom. The Morgan fingerprint density at radius 2 is 1.95 bits per heavy atom. The van der Waals surface area contributed by atoms with Gasteiger partial charge < -0.3 is 15.2 Å². The lowest BCUT2D eigenvalue weighted by atomic mass is 9.87. The molecular formula is C15H28N2O3. The maximum Gasteiger partial charge on any atom is 0.220 e. The van der Waals surface area contributed by atoms with Crippen molar-refractivity contribution in [3.63, 3.8) is 0 Å². The highest BCUT2D eigenvalue weighted by molar-refractivity contribution is 5.76. The zero-order valence-corrected chi connectivity index (χ0v) is 12.4. The van der Waals surface area contributed by atoms with Gasteiger partial charge in [0.15, 0.2) is 0 Å². The predicted octanol–water partition coefficient (Wildman–Crippen LogP) is 0.766. The molecule has 1 heterocycles. The molecule has 0 aromatic carbocycles. The molecular weight excluding hydrogens is 256 g/mol. The third-order valence-electron chi connectivity index (χ3n) is 4.31. The maximum absolute atomic E-state index is 11.9. The van der Waals surface area contributed by atoms with E-state index in [1.807, 2.05) is 0 Å². The second kappa shape index (κ2) is 8.60. The van der Waals surface area contributed by atoms with Crippen LogP contribution < -0.4 is 5.32 Å². The maximum atomic E-state index is 11.9. The molecule has 2 N–H and O–H groups in total. The van der Waals surface area contributed by atoms with Crippen LogP contribution in [0.4, 0.5) is 0 Å². The molecule has 20 heavy (non-hydrogen) atoms. The van der Waals surface area contributed by atoms with Crippen molar-refractivity contribution >= 4 is 5.91 Å². The highest BCUT2D eigenvalue weighted by Gasteiger charge is 2.18. The number of carbonyl (C=O) groups excluding carboxylic acids is 1. The van der Waals surface area contributed by atoms with E-state index in [0.717, 1.165) is 26.3 Å². The van der Waals surface area contributed by atoms with Crippen LogP contribution in [0.25, 0.3) is 0 Å². The molecule has 1 atom stereocenters. The number of nitrogens with zero attached hydrogens (tertiary/aromatic N) is 1. The summed E-state index contributed by atoms with van der Waals surface area (Å²) in [5, 5.41) is 12.8. The van der Waals surface area contributed by atoms with Crippen LogP contribution in [-0.4, -0.2) is 61.4 Å². The first-order valence-corrected chi connectivity index (χ1v) is 7.99. The van der Waals surface area contributed by atoms with Gasteiger partial charge in [-0.15, -0.1) is 0 Å². The Labute approximate surface area is 121 Å². The zero-order valence-electron chi connectivity index (χ0n) is 12.4. The summed E-state index contributed by atoms with van der Waals surface area (Å²) >= 11 is 0. The van der Waals surface area contributed by atoms with Crippen molar-refractivity contribution in [2.24, 2.45) is 5.92 Å². The van der Waals surface area contributed by atoms with Crippen LogP contribution in [-0.2, 0) is 9.53 Å². The molecule has 1 amide bonds. The van der Waals surface area contributed by atoms with Gasteiger partial charge in [0.2, 0.25) is 5.91 Å². The lowest BCUT2D eigenvalue weighted by molar-refractivity contribution is -0.122. The van der Waals surface area contributed by atoms with Gasteiger partial charge in [-0.05, 0) is 18.8 Å². The molecule has 1 aliphatic heterocycles. The molecule has 0 bridgehead atoms. The first-order valence-electron chi connectivity index (χ1n) is 7.99. The van der Waals surface area contributed by atoms with E-state index >= 15 is 0 Å². The van der Waals surface area contributed by atoms with Gasteiger partial charge in [-0.3, -0.25) is 9.69 Å². The van der Waals surface area contributed by atoms with Crippen LogP contribution in [0.15, 0.2) is 0 Å². The topological polar surface area (TPSA) is 61.8 Å². The first-order chi connectivity index (χ1) is 9.74. The van der Waals surface area contributed by atoms with Crippen LogP contribution in [0.2, 0.25) is 0 Å². The molecule has 2 aliphatic rings. The summed E-state index contributed by atoms with van der Waals surface area (Å²) in [5.74, 6) is 0.651. The van der Waals surface area contributed by atoms with Crippen molar-refractivity contribution in [1.82, 2.24) is 10.2 Å². The first kappa shape index (κ1) is 15.7. The Kier molecular flexibility index (Phi) is 6.76. The van der Waals surface area contributed by atoms with Crippen LogP contribution in [0.1, 0.15) is 38.5 Å². The summed E-state index contributed by atoms with van der Waals surface area (Å²) in [6, 6.07) is 0. The molecule has 1 saturated carbocycles. The number of hydrogen-bond donors (Lipinski definition) is 2. The van der Waals surface area contributed by atoms with Crippen molar-refractivity contribution in [2.45, 2.75) is 44.6 Å². The van der Waals surface area contributed by atoms with E-state index < -0.39 is 6.10 Å². The Morgan fingerprint density at radius 3 is 2.65 bits per heavy atom. The van der Waals surface area contributed by atoms with E-state index in [2.05, 4.69) is 10.2 Å². The van der Waals surface area contributed by atoms with Crippen LogP contribution >= 0.6 is 0 Å². The molecule has 5 nitrogen and oxygen atoms in total. The zero-order chi connectivity index (χ0) is 14.2. The smallest absolute Gasteiger partial charge is 0.220 e. The lowest BCUT2D eigenvalue weighted by Gasteiger charge is -2.28. The van der Waals surface area contributed by atoms with Gasteiger partial charge >= 0.3 is 0 Å². The summed E-state index contributed by atoms with van der Waals surface area (Å²) in [4.78, 5) is 14.0. The molecule has 1 aliphatic carbocycles. The second-order valence-corrected chi connectivity index (χ2v) is 6.08. The normalized spacial score (nSPS) is 23.4. The molecule has 0 aromatic heterocycles. The fraction of sp³-hybridized carbons (Fsp3) is 0.933. The van der Waals surface area contributed by atoms with Crippen LogP contribution in [0.5, 0.6) is 0 Å². The summed E-state index contributed by atoms with van der Waals surface area (Å²) in [5.41, 5.74) is 0. The summed E-state index contributed by atoms with van der Waals surface area (Å²) in [7, 11) is 0. The minimum atomic E-state index is -0.483. The molecule has 1 unspecified atom stereocenters. The van der Waals surface area contributed by atoms with Crippen molar-refractivity contribution in [3.8, 4) is 0 Å². The molecule has 0 spiro atoms. The van der Waals surface area contributed by atoms with Gasteiger partial charge in [0, 0.05) is 32.6 Å². The number of aliphatic hydroxyl groups is 1. The van der Waals surface area contributed by atoms with Crippen molar-refractivity contribution in [1.29, 1.82) is 0 Å². The number of rotatable bonds is 6. The quantitative estimate of drug-likeness (QED) is 0.756. The lowest BCUT2D eigenvalue weighted by Crippen LogP contribution is -2.44. The number of nitrogens with one attached hydrogen (secondary N) is 1. The summed E-state index contributed by atoms with van der Waals surface area (Å²) in [6.45, 7) is 4.19. The average molecular weight is 284 g/mol. The van der Waals surface area contributed by atoms with Gasteiger partial charge in [-0.1, -0.05) is 19.3 Å². The Bertz CT molecular complexity index is 287. The van der Waals surface area contributed by atoms with Crippen molar-refractivity contribution in [2.75, 3.05) is 39.4 Å². The van der Waals surface area contributed by atoms with Crippen molar-refractivity contribution < 1.29 is 14.6 Å².